The van der Waals surface area contributed by atoms with Gasteiger partial charge < -0.3 is 10.5 Å². The van der Waals surface area contributed by atoms with Crippen molar-refractivity contribution in [3.63, 3.8) is 0 Å². The zero-order valence-corrected chi connectivity index (χ0v) is 10.1. The van der Waals surface area contributed by atoms with Crippen LogP contribution >= 0.6 is 0 Å². The predicted octanol–water partition coefficient (Wildman–Crippen LogP) is 1.62. The third-order valence-electron chi connectivity index (χ3n) is 3.26. The standard InChI is InChI=1S/C12H26N2O/c1-2-12-6-4-3-5-8-14(12)9-11-15-10-7-13/h12H,2-11,13H2,1H3. The summed E-state index contributed by atoms with van der Waals surface area (Å²) in [4.78, 5) is 2.60. The third-order valence-corrected chi connectivity index (χ3v) is 3.26. The van der Waals surface area contributed by atoms with E-state index in [0.717, 1.165) is 19.2 Å². The summed E-state index contributed by atoms with van der Waals surface area (Å²) in [5.74, 6) is 0. The SMILES string of the molecule is CCC1CCCCCN1CCOCCN. The van der Waals surface area contributed by atoms with E-state index >= 15 is 0 Å². The average Bonchev–Trinajstić information content (AvgIpc) is 2.49. The van der Waals surface area contributed by atoms with Gasteiger partial charge in [0.05, 0.1) is 13.2 Å². The molecule has 0 amide bonds. The Balaban J connectivity index is 2.22. The predicted molar refractivity (Wildman–Crippen MR) is 64.0 cm³/mol. The van der Waals surface area contributed by atoms with Gasteiger partial charge in [-0.3, -0.25) is 4.90 Å². The first-order valence-electron chi connectivity index (χ1n) is 6.40. The first-order chi connectivity index (χ1) is 7.38. The average molecular weight is 214 g/mol. The molecule has 15 heavy (non-hydrogen) atoms. The fourth-order valence-electron chi connectivity index (χ4n) is 2.36. The third kappa shape index (κ3) is 4.96. The Morgan fingerprint density at radius 1 is 1.27 bits per heavy atom. The molecule has 0 aromatic carbocycles. The van der Waals surface area contributed by atoms with Gasteiger partial charge in [-0.25, -0.2) is 0 Å². The van der Waals surface area contributed by atoms with Gasteiger partial charge in [0.15, 0.2) is 0 Å². The molecule has 0 spiro atoms. The molecule has 0 radical (unpaired) electrons. The highest BCUT2D eigenvalue weighted by atomic mass is 16.5. The van der Waals surface area contributed by atoms with Gasteiger partial charge in [0.1, 0.15) is 0 Å². The fraction of sp³-hybridized carbons (Fsp3) is 1.00. The number of hydrogen-bond donors (Lipinski definition) is 1. The van der Waals surface area contributed by atoms with Crippen LogP contribution in [0.5, 0.6) is 0 Å². The van der Waals surface area contributed by atoms with Crippen LogP contribution in [0.2, 0.25) is 0 Å². The van der Waals surface area contributed by atoms with Crippen LogP contribution < -0.4 is 5.73 Å². The van der Waals surface area contributed by atoms with E-state index in [-0.39, 0.29) is 0 Å². The summed E-state index contributed by atoms with van der Waals surface area (Å²) < 4.78 is 5.45. The van der Waals surface area contributed by atoms with Gasteiger partial charge in [0.25, 0.3) is 0 Å². The van der Waals surface area contributed by atoms with Crippen LogP contribution in [-0.2, 0) is 4.74 Å². The van der Waals surface area contributed by atoms with Crippen LogP contribution in [0.4, 0.5) is 0 Å². The van der Waals surface area contributed by atoms with Crippen molar-refractivity contribution in [1.29, 1.82) is 0 Å². The Labute approximate surface area is 94.0 Å². The first kappa shape index (κ1) is 12.9. The molecule has 1 aliphatic rings. The molecule has 1 atom stereocenters. The maximum absolute atomic E-state index is 5.45. The van der Waals surface area contributed by atoms with E-state index in [1.807, 2.05) is 0 Å². The van der Waals surface area contributed by atoms with Gasteiger partial charge in [-0.05, 0) is 25.8 Å². The van der Waals surface area contributed by atoms with Crippen LogP contribution in [0.15, 0.2) is 0 Å². The Hall–Kier alpha value is -0.120. The Morgan fingerprint density at radius 2 is 2.13 bits per heavy atom. The lowest BCUT2D eigenvalue weighted by molar-refractivity contribution is 0.0907. The van der Waals surface area contributed by atoms with Crippen molar-refractivity contribution in [2.45, 2.75) is 45.1 Å². The lowest BCUT2D eigenvalue weighted by Crippen LogP contribution is -2.37. The van der Waals surface area contributed by atoms with E-state index in [0.29, 0.717) is 13.2 Å². The topological polar surface area (TPSA) is 38.5 Å². The van der Waals surface area contributed by atoms with Gasteiger partial charge in [-0.1, -0.05) is 19.8 Å². The summed E-state index contributed by atoms with van der Waals surface area (Å²) in [5.41, 5.74) is 5.39. The van der Waals surface area contributed by atoms with Gasteiger partial charge in [-0.15, -0.1) is 0 Å². The van der Waals surface area contributed by atoms with Crippen LogP contribution in [0.25, 0.3) is 0 Å². The lowest BCUT2D eigenvalue weighted by Gasteiger charge is -2.28. The molecule has 1 fully saturated rings. The Morgan fingerprint density at radius 3 is 2.87 bits per heavy atom. The molecule has 1 unspecified atom stereocenters. The van der Waals surface area contributed by atoms with Gasteiger partial charge in [-0.2, -0.15) is 0 Å². The van der Waals surface area contributed by atoms with E-state index in [4.69, 9.17) is 10.5 Å². The molecular weight excluding hydrogens is 188 g/mol. The monoisotopic (exact) mass is 214 g/mol. The van der Waals surface area contributed by atoms with E-state index in [1.165, 1.54) is 38.6 Å². The zero-order chi connectivity index (χ0) is 10.9. The number of nitrogens with two attached hydrogens (primary N) is 1. The molecule has 1 saturated heterocycles. The summed E-state index contributed by atoms with van der Waals surface area (Å²) in [7, 11) is 0. The van der Waals surface area contributed by atoms with Gasteiger partial charge in [0.2, 0.25) is 0 Å². The molecule has 0 bridgehead atoms. The number of likely N-dealkylation sites (tertiary alicyclic amines) is 1. The first-order valence-corrected chi connectivity index (χ1v) is 6.40. The van der Waals surface area contributed by atoms with Crippen LogP contribution in [-0.4, -0.2) is 43.8 Å². The summed E-state index contributed by atoms with van der Waals surface area (Å²) in [5, 5.41) is 0. The van der Waals surface area contributed by atoms with E-state index in [9.17, 15) is 0 Å². The Bertz CT molecular complexity index is 153. The molecule has 1 rings (SSSR count). The molecule has 0 aliphatic carbocycles. The van der Waals surface area contributed by atoms with Crippen molar-refractivity contribution in [2.24, 2.45) is 5.73 Å². The van der Waals surface area contributed by atoms with Crippen molar-refractivity contribution in [1.82, 2.24) is 4.90 Å². The van der Waals surface area contributed by atoms with Crippen LogP contribution in [0, 0.1) is 0 Å². The Kier molecular flexibility index (Phi) is 6.98. The smallest absolute Gasteiger partial charge is 0.0594 e. The normalized spacial score (nSPS) is 24.0. The van der Waals surface area contributed by atoms with Crippen molar-refractivity contribution < 1.29 is 4.74 Å². The number of hydrogen-bond acceptors (Lipinski definition) is 3. The summed E-state index contributed by atoms with van der Waals surface area (Å²) in [6, 6.07) is 0.786. The highest BCUT2D eigenvalue weighted by molar-refractivity contribution is 4.73. The number of rotatable bonds is 6. The second-order valence-electron chi connectivity index (χ2n) is 4.35. The zero-order valence-electron chi connectivity index (χ0n) is 10.1. The molecule has 2 N–H and O–H groups in total. The fourth-order valence-corrected chi connectivity index (χ4v) is 2.36. The molecule has 3 heteroatoms. The van der Waals surface area contributed by atoms with Crippen molar-refractivity contribution in [2.75, 3.05) is 32.8 Å². The molecule has 1 heterocycles. The lowest BCUT2D eigenvalue weighted by atomic mass is 10.1. The highest BCUT2D eigenvalue weighted by Gasteiger charge is 2.18. The largest absolute Gasteiger partial charge is 0.379 e. The molecular formula is C12H26N2O. The van der Waals surface area contributed by atoms with Crippen molar-refractivity contribution >= 4 is 0 Å². The molecule has 0 saturated carbocycles. The second-order valence-corrected chi connectivity index (χ2v) is 4.35. The quantitative estimate of drug-likeness (QED) is 0.683. The number of ether oxygens (including phenoxy) is 1. The maximum Gasteiger partial charge on any atom is 0.0594 e. The molecule has 3 nitrogen and oxygen atoms in total. The highest BCUT2D eigenvalue weighted by Crippen LogP contribution is 2.18. The van der Waals surface area contributed by atoms with Gasteiger partial charge in [0, 0.05) is 19.1 Å². The van der Waals surface area contributed by atoms with Gasteiger partial charge >= 0.3 is 0 Å². The second kappa shape index (κ2) is 8.08. The molecule has 1 aliphatic heterocycles. The summed E-state index contributed by atoms with van der Waals surface area (Å²) >= 11 is 0. The van der Waals surface area contributed by atoms with Crippen LogP contribution in [0.1, 0.15) is 39.0 Å². The van der Waals surface area contributed by atoms with E-state index < -0.39 is 0 Å². The molecule has 0 aromatic rings. The van der Waals surface area contributed by atoms with E-state index in [2.05, 4.69) is 11.8 Å². The summed E-state index contributed by atoms with van der Waals surface area (Å²) in [6.07, 6.45) is 6.80. The maximum atomic E-state index is 5.45. The minimum Gasteiger partial charge on any atom is -0.379 e. The van der Waals surface area contributed by atoms with E-state index in [1.54, 1.807) is 0 Å². The molecule has 90 valence electrons. The number of nitrogens with zero attached hydrogens (tertiary/aromatic N) is 1. The minimum absolute atomic E-state index is 0.636. The molecule has 0 aromatic heterocycles. The van der Waals surface area contributed by atoms with Crippen molar-refractivity contribution in [3.8, 4) is 0 Å². The minimum atomic E-state index is 0.636. The van der Waals surface area contributed by atoms with Crippen LogP contribution in [0.3, 0.4) is 0 Å². The van der Waals surface area contributed by atoms with Crippen molar-refractivity contribution in [3.05, 3.63) is 0 Å². The summed E-state index contributed by atoms with van der Waals surface area (Å²) in [6.45, 7) is 6.81.